The molecule has 0 saturated carbocycles. The fourth-order valence-corrected chi connectivity index (χ4v) is 2.87. The van der Waals surface area contributed by atoms with Gasteiger partial charge in [-0.05, 0) is 33.6 Å². The standard InChI is InChI=1S/C17H31N7.HI/c1-6-18-17(19-11-16-22-21-14(4)23(16)5)20-15-7-9-24(10-8-15)12-13(2)3;/h15H,2,6-12H2,1,3-5H3,(H2,18,19,20);1H. The van der Waals surface area contributed by atoms with Crippen molar-refractivity contribution < 1.29 is 0 Å². The predicted molar refractivity (Wildman–Crippen MR) is 113 cm³/mol. The summed E-state index contributed by atoms with van der Waals surface area (Å²) >= 11 is 0. The molecule has 7 nitrogen and oxygen atoms in total. The minimum atomic E-state index is 0. The van der Waals surface area contributed by atoms with Gasteiger partial charge in [0, 0.05) is 39.3 Å². The Morgan fingerprint density at radius 1 is 1.32 bits per heavy atom. The summed E-state index contributed by atoms with van der Waals surface area (Å²) in [5.41, 5.74) is 1.23. The number of rotatable bonds is 6. The predicted octanol–water partition coefficient (Wildman–Crippen LogP) is 1.84. The van der Waals surface area contributed by atoms with Gasteiger partial charge in [-0.25, -0.2) is 4.99 Å². The maximum absolute atomic E-state index is 4.66. The van der Waals surface area contributed by atoms with Crippen molar-refractivity contribution in [2.45, 2.75) is 46.2 Å². The third kappa shape index (κ3) is 6.93. The summed E-state index contributed by atoms with van der Waals surface area (Å²) in [6.07, 6.45) is 2.25. The van der Waals surface area contributed by atoms with Gasteiger partial charge in [-0.15, -0.1) is 34.2 Å². The first-order chi connectivity index (χ1) is 11.5. The number of aryl methyl sites for hydroxylation is 1. The fraction of sp³-hybridized carbons (Fsp3) is 0.706. The van der Waals surface area contributed by atoms with Crippen LogP contribution in [0.2, 0.25) is 0 Å². The molecule has 1 aliphatic heterocycles. The zero-order valence-corrected chi connectivity index (χ0v) is 18.2. The molecule has 2 N–H and O–H groups in total. The van der Waals surface area contributed by atoms with E-state index in [-0.39, 0.29) is 24.0 Å². The number of nitrogens with zero attached hydrogens (tertiary/aromatic N) is 5. The van der Waals surface area contributed by atoms with Gasteiger partial charge in [0.1, 0.15) is 12.4 Å². The molecule has 0 radical (unpaired) electrons. The van der Waals surface area contributed by atoms with Gasteiger partial charge in [0.05, 0.1) is 0 Å². The average Bonchev–Trinajstić information content (AvgIpc) is 2.86. The van der Waals surface area contributed by atoms with Crippen molar-refractivity contribution in [2.24, 2.45) is 12.0 Å². The first-order valence-corrected chi connectivity index (χ1v) is 8.76. The zero-order valence-electron chi connectivity index (χ0n) is 15.9. The van der Waals surface area contributed by atoms with E-state index in [1.54, 1.807) is 0 Å². The van der Waals surface area contributed by atoms with Gasteiger partial charge >= 0.3 is 0 Å². The molecule has 0 atom stereocenters. The highest BCUT2D eigenvalue weighted by molar-refractivity contribution is 14.0. The number of aliphatic imine (C=N–C) groups is 1. The molecule has 2 heterocycles. The van der Waals surface area contributed by atoms with E-state index in [1.165, 1.54) is 5.57 Å². The number of hydrogen-bond acceptors (Lipinski definition) is 4. The SMILES string of the molecule is C=C(C)CN1CCC(NC(=NCc2nnc(C)n2C)NCC)CC1.I. The van der Waals surface area contributed by atoms with Gasteiger partial charge < -0.3 is 15.2 Å². The normalized spacial score (nSPS) is 16.4. The Morgan fingerprint density at radius 2 is 2.00 bits per heavy atom. The molecule has 0 amide bonds. The molecular weight excluding hydrogens is 429 g/mol. The minimum absolute atomic E-state index is 0. The van der Waals surface area contributed by atoms with Crippen LogP contribution in [0.5, 0.6) is 0 Å². The molecule has 1 aliphatic rings. The first kappa shape index (κ1) is 21.9. The Balaban J connectivity index is 0.00000312. The molecule has 0 bridgehead atoms. The minimum Gasteiger partial charge on any atom is -0.357 e. The number of aromatic nitrogens is 3. The van der Waals surface area contributed by atoms with Crippen LogP contribution in [0.4, 0.5) is 0 Å². The topological polar surface area (TPSA) is 70.4 Å². The second kappa shape index (κ2) is 10.7. The quantitative estimate of drug-likeness (QED) is 0.293. The lowest BCUT2D eigenvalue weighted by Crippen LogP contribution is -2.48. The van der Waals surface area contributed by atoms with E-state index in [0.29, 0.717) is 12.6 Å². The Kier molecular flexibility index (Phi) is 9.41. The van der Waals surface area contributed by atoms with E-state index in [4.69, 9.17) is 0 Å². The van der Waals surface area contributed by atoms with Crippen molar-refractivity contribution >= 4 is 29.9 Å². The molecule has 1 fully saturated rings. The number of halogens is 1. The summed E-state index contributed by atoms with van der Waals surface area (Å²) in [7, 11) is 1.97. The number of piperidine rings is 1. The van der Waals surface area contributed by atoms with Gasteiger partial charge in [-0.2, -0.15) is 0 Å². The van der Waals surface area contributed by atoms with Crippen molar-refractivity contribution in [1.82, 2.24) is 30.3 Å². The average molecular weight is 461 g/mol. The van der Waals surface area contributed by atoms with Crippen LogP contribution in [0.25, 0.3) is 0 Å². The monoisotopic (exact) mass is 461 g/mol. The summed E-state index contributed by atoms with van der Waals surface area (Å²) < 4.78 is 1.98. The molecule has 2 rings (SSSR count). The highest BCUT2D eigenvalue weighted by Gasteiger charge is 2.19. The van der Waals surface area contributed by atoms with E-state index in [0.717, 1.165) is 56.6 Å². The fourth-order valence-electron chi connectivity index (χ4n) is 2.87. The molecule has 142 valence electrons. The highest BCUT2D eigenvalue weighted by Crippen LogP contribution is 2.11. The Bertz CT molecular complexity index is 574. The lowest BCUT2D eigenvalue weighted by molar-refractivity contribution is 0.221. The molecule has 0 aliphatic carbocycles. The lowest BCUT2D eigenvalue weighted by Gasteiger charge is -2.33. The number of hydrogen-bond donors (Lipinski definition) is 2. The van der Waals surface area contributed by atoms with E-state index in [9.17, 15) is 0 Å². The van der Waals surface area contributed by atoms with E-state index in [2.05, 4.69) is 51.1 Å². The van der Waals surface area contributed by atoms with Gasteiger partial charge in [-0.1, -0.05) is 12.2 Å². The number of guanidine groups is 1. The van der Waals surface area contributed by atoms with Crippen LogP contribution in [0.15, 0.2) is 17.1 Å². The second-order valence-electron chi connectivity index (χ2n) is 6.57. The molecule has 8 heteroatoms. The van der Waals surface area contributed by atoms with Crippen molar-refractivity contribution in [1.29, 1.82) is 0 Å². The van der Waals surface area contributed by atoms with Crippen molar-refractivity contribution in [2.75, 3.05) is 26.2 Å². The molecule has 1 aromatic heterocycles. The number of nitrogens with one attached hydrogen (secondary N) is 2. The van der Waals surface area contributed by atoms with Gasteiger partial charge in [0.15, 0.2) is 11.8 Å². The van der Waals surface area contributed by atoms with Crippen molar-refractivity contribution in [3.8, 4) is 0 Å². The van der Waals surface area contributed by atoms with E-state index >= 15 is 0 Å². The second-order valence-corrected chi connectivity index (χ2v) is 6.57. The largest absolute Gasteiger partial charge is 0.357 e. The van der Waals surface area contributed by atoms with Crippen LogP contribution >= 0.6 is 24.0 Å². The molecule has 1 aromatic rings. The van der Waals surface area contributed by atoms with E-state index < -0.39 is 0 Å². The smallest absolute Gasteiger partial charge is 0.191 e. The highest BCUT2D eigenvalue weighted by atomic mass is 127. The summed E-state index contributed by atoms with van der Waals surface area (Å²) in [5.74, 6) is 2.64. The Morgan fingerprint density at radius 3 is 2.52 bits per heavy atom. The lowest BCUT2D eigenvalue weighted by atomic mass is 10.0. The molecule has 0 spiro atoms. The van der Waals surface area contributed by atoms with Gasteiger partial charge in [0.2, 0.25) is 0 Å². The van der Waals surface area contributed by atoms with Crippen LogP contribution in [0, 0.1) is 6.92 Å². The molecule has 25 heavy (non-hydrogen) atoms. The van der Waals surface area contributed by atoms with Crippen molar-refractivity contribution in [3.05, 3.63) is 23.8 Å². The van der Waals surface area contributed by atoms with Gasteiger partial charge in [-0.3, -0.25) is 4.90 Å². The third-order valence-corrected chi connectivity index (χ3v) is 4.33. The maximum Gasteiger partial charge on any atom is 0.191 e. The molecule has 0 unspecified atom stereocenters. The zero-order chi connectivity index (χ0) is 17.5. The first-order valence-electron chi connectivity index (χ1n) is 8.76. The number of likely N-dealkylation sites (tertiary alicyclic amines) is 1. The van der Waals surface area contributed by atoms with Crippen LogP contribution < -0.4 is 10.6 Å². The molecule has 0 aromatic carbocycles. The van der Waals surface area contributed by atoms with Crippen LogP contribution in [-0.2, 0) is 13.6 Å². The van der Waals surface area contributed by atoms with Crippen LogP contribution in [0.3, 0.4) is 0 Å². The Hall–Kier alpha value is -1.16. The maximum atomic E-state index is 4.66. The van der Waals surface area contributed by atoms with E-state index in [1.807, 2.05) is 18.5 Å². The summed E-state index contributed by atoms with van der Waals surface area (Å²) in [6, 6.07) is 0.463. The summed E-state index contributed by atoms with van der Waals surface area (Å²) in [6.45, 7) is 14.7. The van der Waals surface area contributed by atoms with Gasteiger partial charge in [0.25, 0.3) is 0 Å². The van der Waals surface area contributed by atoms with Crippen LogP contribution in [0.1, 0.15) is 38.3 Å². The summed E-state index contributed by atoms with van der Waals surface area (Å²) in [5, 5.41) is 15.1. The molecular formula is C17H32IN7. The van der Waals surface area contributed by atoms with Crippen molar-refractivity contribution in [3.63, 3.8) is 0 Å². The summed E-state index contributed by atoms with van der Waals surface area (Å²) in [4.78, 5) is 7.13. The van der Waals surface area contributed by atoms with Crippen LogP contribution in [-0.4, -0.2) is 57.8 Å². The third-order valence-electron chi connectivity index (χ3n) is 4.33. The molecule has 1 saturated heterocycles. The Labute approximate surface area is 168 Å².